The van der Waals surface area contributed by atoms with Gasteiger partial charge in [0.25, 0.3) is 0 Å². The van der Waals surface area contributed by atoms with E-state index < -0.39 is 12.1 Å². The highest BCUT2D eigenvalue weighted by Gasteiger charge is 2.15. The SMILES string of the molecule is COCC(C)OC(=O)C(C)F. The van der Waals surface area contributed by atoms with Crippen molar-refractivity contribution < 1.29 is 18.7 Å². The van der Waals surface area contributed by atoms with Crippen molar-refractivity contribution in [2.75, 3.05) is 13.7 Å². The zero-order valence-corrected chi connectivity index (χ0v) is 6.96. The predicted molar refractivity (Wildman–Crippen MR) is 38.0 cm³/mol. The van der Waals surface area contributed by atoms with Gasteiger partial charge in [-0.15, -0.1) is 0 Å². The highest BCUT2D eigenvalue weighted by Crippen LogP contribution is 1.97. The summed E-state index contributed by atoms with van der Waals surface area (Å²) in [6.07, 6.45) is -1.94. The summed E-state index contributed by atoms with van der Waals surface area (Å²) in [4.78, 5) is 10.6. The number of ether oxygens (including phenoxy) is 2. The predicted octanol–water partition coefficient (Wildman–Crippen LogP) is 0.923. The molecule has 3 nitrogen and oxygen atoms in total. The average Bonchev–Trinajstić information content (AvgIpc) is 1.87. The summed E-state index contributed by atoms with van der Waals surface area (Å²) in [6.45, 7) is 3.07. The quantitative estimate of drug-likeness (QED) is 0.579. The van der Waals surface area contributed by atoms with Gasteiger partial charge in [-0.1, -0.05) is 0 Å². The molecular weight excluding hydrogens is 151 g/mol. The number of methoxy groups -OCH3 is 1. The van der Waals surface area contributed by atoms with E-state index in [1.165, 1.54) is 7.11 Å². The van der Waals surface area contributed by atoms with Gasteiger partial charge in [0.1, 0.15) is 6.10 Å². The smallest absolute Gasteiger partial charge is 0.340 e. The topological polar surface area (TPSA) is 35.5 Å². The minimum atomic E-state index is -1.56. The van der Waals surface area contributed by atoms with E-state index in [9.17, 15) is 9.18 Å². The molecule has 0 aliphatic carbocycles. The first-order valence-electron chi connectivity index (χ1n) is 3.41. The first-order chi connectivity index (χ1) is 5.07. The van der Waals surface area contributed by atoms with Crippen molar-refractivity contribution in [1.82, 2.24) is 0 Å². The highest BCUT2D eigenvalue weighted by atomic mass is 19.1. The Bertz CT molecular complexity index is 125. The summed E-state index contributed by atoms with van der Waals surface area (Å²) in [7, 11) is 1.49. The molecule has 0 heterocycles. The monoisotopic (exact) mass is 164 g/mol. The van der Waals surface area contributed by atoms with Gasteiger partial charge in [-0.05, 0) is 13.8 Å². The van der Waals surface area contributed by atoms with Crippen LogP contribution in [0, 0.1) is 0 Å². The Kier molecular flexibility index (Phi) is 4.77. The molecule has 0 N–H and O–H groups in total. The molecule has 11 heavy (non-hydrogen) atoms. The van der Waals surface area contributed by atoms with Crippen LogP contribution < -0.4 is 0 Å². The Morgan fingerprint density at radius 3 is 2.45 bits per heavy atom. The first kappa shape index (κ1) is 10.4. The van der Waals surface area contributed by atoms with Crippen molar-refractivity contribution in [3.63, 3.8) is 0 Å². The van der Waals surface area contributed by atoms with Crippen molar-refractivity contribution >= 4 is 5.97 Å². The number of hydrogen-bond acceptors (Lipinski definition) is 3. The van der Waals surface area contributed by atoms with Gasteiger partial charge >= 0.3 is 5.97 Å². The van der Waals surface area contributed by atoms with Crippen LogP contribution in [0.5, 0.6) is 0 Å². The van der Waals surface area contributed by atoms with Crippen LogP contribution in [0.25, 0.3) is 0 Å². The Balaban J connectivity index is 3.57. The van der Waals surface area contributed by atoms with E-state index in [1.807, 2.05) is 0 Å². The van der Waals surface area contributed by atoms with Crippen LogP contribution in [0.1, 0.15) is 13.8 Å². The second-order valence-electron chi connectivity index (χ2n) is 2.32. The van der Waals surface area contributed by atoms with E-state index in [4.69, 9.17) is 0 Å². The first-order valence-corrected chi connectivity index (χ1v) is 3.41. The maximum absolute atomic E-state index is 12.2. The van der Waals surface area contributed by atoms with E-state index in [0.717, 1.165) is 6.92 Å². The van der Waals surface area contributed by atoms with Crippen LogP contribution >= 0.6 is 0 Å². The zero-order chi connectivity index (χ0) is 8.85. The molecule has 0 aromatic rings. The van der Waals surface area contributed by atoms with Crippen LogP contribution in [0.4, 0.5) is 4.39 Å². The van der Waals surface area contributed by atoms with Gasteiger partial charge in [-0.2, -0.15) is 0 Å². The fourth-order valence-electron chi connectivity index (χ4n) is 0.561. The van der Waals surface area contributed by atoms with E-state index in [0.29, 0.717) is 6.61 Å². The van der Waals surface area contributed by atoms with E-state index in [1.54, 1.807) is 6.92 Å². The fraction of sp³-hybridized carbons (Fsp3) is 0.857. The number of carbonyl (C=O) groups is 1. The summed E-state index contributed by atoms with van der Waals surface area (Å²) in [5.41, 5.74) is 0. The molecule has 0 aromatic heterocycles. The molecule has 0 amide bonds. The van der Waals surface area contributed by atoms with Crippen LogP contribution in [0.3, 0.4) is 0 Å². The molecule has 0 rings (SSSR count). The van der Waals surface area contributed by atoms with Gasteiger partial charge in [-0.3, -0.25) is 0 Å². The van der Waals surface area contributed by atoms with Crippen LogP contribution in [0.2, 0.25) is 0 Å². The number of rotatable bonds is 4. The number of esters is 1. The normalized spacial score (nSPS) is 15.6. The molecule has 0 saturated carbocycles. The molecule has 0 spiro atoms. The minimum absolute atomic E-state index is 0.290. The molecule has 2 atom stereocenters. The molecule has 2 unspecified atom stereocenters. The fourth-order valence-corrected chi connectivity index (χ4v) is 0.561. The van der Waals surface area contributed by atoms with E-state index in [2.05, 4.69) is 9.47 Å². The van der Waals surface area contributed by atoms with Crippen molar-refractivity contribution in [2.45, 2.75) is 26.1 Å². The van der Waals surface area contributed by atoms with Gasteiger partial charge in [0, 0.05) is 7.11 Å². The molecule has 0 aromatic carbocycles. The number of carbonyl (C=O) groups excluding carboxylic acids is 1. The Morgan fingerprint density at radius 2 is 2.09 bits per heavy atom. The molecule has 66 valence electrons. The summed E-state index contributed by atoms with van der Waals surface area (Å²) in [5.74, 6) is -0.838. The number of hydrogen-bond donors (Lipinski definition) is 0. The van der Waals surface area contributed by atoms with Crippen molar-refractivity contribution in [3.8, 4) is 0 Å². The second-order valence-corrected chi connectivity index (χ2v) is 2.32. The number of halogens is 1. The lowest BCUT2D eigenvalue weighted by atomic mass is 10.4. The van der Waals surface area contributed by atoms with Crippen LogP contribution in [-0.4, -0.2) is 32.0 Å². The maximum Gasteiger partial charge on any atom is 0.340 e. The minimum Gasteiger partial charge on any atom is -0.458 e. The van der Waals surface area contributed by atoms with Crippen LogP contribution in [0.15, 0.2) is 0 Å². The molecule has 4 heteroatoms. The second kappa shape index (κ2) is 5.07. The average molecular weight is 164 g/mol. The largest absolute Gasteiger partial charge is 0.458 e. The summed E-state index contributed by atoms with van der Waals surface area (Å²) in [6, 6.07) is 0. The summed E-state index contributed by atoms with van der Waals surface area (Å²) < 4.78 is 21.5. The molecule has 0 radical (unpaired) electrons. The Morgan fingerprint density at radius 1 is 1.55 bits per heavy atom. The molecule has 0 aliphatic heterocycles. The van der Waals surface area contributed by atoms with Crippen molar-refractivity contribution in [3.05, 3.63) is 0 Å². The molecular formula is C7H13FO3. The standard InChI is InChI=1S/C7H13FO3/c1-5(4-10-3)11-7(9)6(2)8/h5-6H,4H2,1-3H3. The van der Waals surface area contributed by atoms with Gasteiger partial charge < -0.3 is 9.47 Å². The third kappa shape index (κ3) is 4.72. The lowest BCUT2D eigenvalue weighted by Gasteiger charge is -2.11. The Labute approximate surface area is 65.5 Å². The molecule has 0 fully saturated rings. The summed E-state index contributed by atoms with van der Waals surface area (Å²) in [5, 5.41) is 0. The van der Waals surface area contributed by atoms with Crippen molar-refractivity contribution in [1.29, 1.82) is 0 Å². The molecule has 0 aliphatic rings. The zero-order valence-electron chi connectivity index (χ0n) is 6.96. The Hall–Kier alpha value is -0.640. The third-order valence-corrected chi connectivity index (χ3v) is 1.04. The third-order valence-electron chi connectivity index (χ3n) is 1.04. The molecule has 0 saturated heterocycles. The maximum atomic E-state index is 12.2. The van der Waals surface area contributed by atoms with Gasteiger partial charge in [0.05, 0.1) is 6.61 Å². The molecule has 0 bridgehead atoms. The van der Waals surface area contributed by atoms with Gasteiger partial charge in [0.15, 0.2) is 6.17 Å². The van der Waals surface area contributed by atoms with E-state index >= 15 is 0 Å². The summed E-state index contributed by atoms with van der Waals surface area (Å²) >= 11 is 0. The van der Waals surface area contributed by atoms with E-state index in [-0.39, 0.29) is 6.10 Å². The number of alkyl halides is 1. The lowest BCUT2D eigenvalue weighted by Crippen LogP contribution is -2.24. The van der Waals surface area contributed by atoms with Gasteiger partial charge in [-0.25, -0.2) is 9.18 Å². The lowest BCUT2D eigenvalue weighted by molar-refractivity contribution is -0.155. The van der Waals surface area contributed by atoms with Crippen LogP contribution in [-0.2, 0) is 14.3 Å². The highest BCUT2D eigenvalue weighted by molar-refractivity contribution is 5.74. The van der Waals surface area contributed by atoms with Gasteiger partial charge in [0.2, 0.25) is 0 Å². The van der Waals surface area contributed by atoms with Crippen molar-refractivity contribution in [2.24, 2.45) is 0 Å².